The first kappa shape index (κ1) is 17.6. The van der Waals surface area contributed by atoms with Gasteiger partial charge in [-0.25, -0.2) is 0 Å². The van der Waals surface area contributed by atoms with Crippen LogP contribution in [0.2, 0.25) is 0 Å². The topological polar surface area (TPSA) is 87.3 Å². The summed E-state index contributed by atoms with van der Waals surface area (Å²) >= 11 is 6.11. The SMILES string of the molecule is CCC(=O)Nc1cc(NC(=O)CBr)cc(NC(=O)CBr)c1. The third kappa shape index (κ3) is 6.26. The number of carbonyl (C=O) groups is 3. The second-order valence-electron chi connectivity index (χ2n) is 4.06. The summed E-state index contributed by atoms with van der Waals surface area (Å²) in [4.78, 5) is 34.3. The van der Waals surface area contributed by atoms with Gasteiger partial charge in [-0.1, -0.05) is 38.8 Å². The Morgan fingerprint density at radius 1 is 0.810 bits per heavy atom. The molecule has 0 spiro atoms. The summed E-state index contributed by atoms with van der Waals surface area (Å²) in [5, 5.41) is 8.31. The van der Waals surface area contributed by atoms with Crippen molar-refractivity contribution in [3.8, 4) is 0 Å². The molecule has 0 unspecified atom stereocenters. The van der Waals surface area contributed by atoms with Gasteiger partial charge in [-0.15, -0.1) is 0 Å². The van der Waals surface area contributed by atoms with E-state index >= 15 is 0 Å². The number of alkyl halides is 2. The third-order valence-electron chi connectivity index (χ3n) is 2.35. The maximum absolute atomic E-state index is 11.5. The molecule has 21 heavy (non-hydrogen) atoms. The Labute approximate surface area is 139 Å². The molecule has 0 aliphatic rings. The molecule has 0 bridgehead atoms. The summed E-state index contributed by atoms with van der Waals surface area (Å²) in [6.07, 6.45) is 0.334. The van der Waals surface area contributed by atoms with Crippen molar-refractivity contribution in [1.29, 1.82) is 0 Å². The molecule has 0 saturated heterocycles. The number of amides is 3. The molecule has 0 saturated carbocycles. The highest BCUT2D eigenvalue weighted by atomic mass is 79.9. The van der Waals surface area contributed by atoms with E-state index in [0.29, 0.717) is 23.5 Å². The predicted molar refractivity (Wildman–Crippen MR) is 90.2 cm³/mol. The first-order valence-corrected chi connectivity index (χ1v) is 8.39. The lowest BCUT2D eigenvalue weighted by Gasteiger charge is -2.12. The fraction of sp³-hybridized carbons (Fsp3) is 0.308. The highest BCUT2D eigenvalue weighted by Gasteiger charge is 2.08. The molecule has 0 aliphatic heterocycles. The van der Waals surface area contributed by atoms with E-state index < -0.39 is 0 Å². The normalized spacial score (nSPS) is 9.86. The molecule has 6 nitrogen and oxygen atoms in total. The van der Waals surface area contributed by atoms with Crippen molar-refractivity contribution in [3.05, 3.63) is 18.2 Å². The van der Waals surface area contributed by atoms with E-state index in [1.165, 1.54) is 0 Å². The fourth-order valence-corrected chi connectivity index (χ4v) is 1.76. The van der Waals surface area contributed by atoms with Gasteiger partial charge in [0, 0.05) is 23.5 Å². The second kappa shape index (κ2) is 8.78. The van der Waals surface area contributed by atoms with Crippen molar-refractivity contribution >= 4 is 66.6 Å². The zero-order valence-corrected chi connectivity index (χ0v) is 14.5. The van der Waals surface area contributed by atoms with Crippen LogP contribution in [0.4, 0.5) is 17.1 Å². The van der Waals surface area contributed by atoms with Crippen LogP contribution in [-0.4, -0.2) is 28.4 Å². The second-order valence-corrected chi connectivity index (χ2v) is 5.19. The van der Waals surface area contributed by atoms with Crippen LogP contribution in [0.1, 0.15) is 13.3 Å². The minimum Gasteiger partial charge on any atom is -0.326 e. The average molecular weight is 421 g/mol. The Morgan fingerprint density at radius 3 is 1.43 bits per heavy atom. The standard InChI is InChI=1S/C13H15Br2N3O3/c1-2-11(19)16-8-3-9(17-12(20)6-14)5-10(4-8)18-13(21)7-15/h3-5H,2,6-7H2,1H3,(H,16,19)(H,17,20)(H,18,21). The van der Waals surface area contributed by atoms with Crippen LogP contribution >= 0.6 is 31.9 Å². The zero-order chi connectivity index (χ0) is 15.8. The van der Waals surface area contributed by atoms with E-state index in [-0.39, 0.29) is 28.4 Å². The number of anilines is 3. The van der Waals surface area contributed by atoms with E-state index in [4.69, 9.17) is 0 Å². The van der Waals surface area contributed by atoms with Crippen LogP contribution in [0, 0.1) is 0 Å². The minimum absolute atomic E-state index is 0.154. The maximum Gasteiger partial charge on any atom is 0.235 e. The highest BCUT2D eigenvalue weighted by Crippen LogP contribution is 2.23. The van der Waals surface area contributed by atoms with Crippen LogP contribution in [0.15, 0.2) is 18.2 Å². The van der Waals surface area contributed by atoms with Gasteiger partial charge in [0.1, 0.15) is 0 Å². The number of rotatable bonds is 6. The summed E-state index contributed by atoms with van der Waals surface area (Å²) in [6, 6.07) is 4.86. The number of halogens is 2. The molecule has 0 aliphatic carbocycles. The van der Waals surface area contributed by atoms with Gasteiger partial charge in [-0.3, -0.25) is 14.4 Å². The van der Waals surface area contributed by atoms with Crippen molar-refractivity contribution in [2.75, 3.05) is 26.6 Å². The lowest BCUT2D eigenvalue weighted by Crippen LogP contribution is -2.16. The van der Waals surface area contributed by atoms with Crippen molar-refractivity contribution in [3.63, 3.8) is 0 Å². The largest absolute Gasteiger partial charge is 0.326 e. The Kier molecular flexibility index (Phi) is 7.38. The van der Waals surface area contributed by atoms with Gasteiger partial charge >= 0.3 is 0 Å². The third-order valence-corrected chi connectivity index (χ3v) is 3.37. The zero-order valence-electron chi connectivity index (χ0n) is 11.3. The molecule has 3 amide bonds. The molecule has 1 aromatic rings. The molecule has 0 heterocycles. The van der Waals surface area contributed by atoms with Crippen molar-refractivity contribution in [2.24, 2.45) is 0 Å². The molecule has 114 valence electrons. The Balaban J connectivity index is 3.03. The molecular weight excluding hydrogens is 406 g/mol. The average Bonchev–Trinajstić information content (AvgIpc) is 2.46. The first-order chi connectivity index (χ1) is 9.98. The molecule has 0 aromatic heterocycles. The summed E-state index contributed by atoms with van der Waals surface area (Å²) in [6.45, 7) is 1.74. The minimum atomic E-state index is -0.230. The Hall–Kier alpha value is -1.41. The van der Waals surface area contributed by atoms with Crippen LogP contribution in [0.5, 0.6) is 0 Å². The van der Waals surface area contributed by atoms with Crippen LogP contribution in [0.25, 0.3) is 0 Å². The van der Waals surface area contributed by atoms with Crippen molar-refractivity contribution < 1.29 is 14.4 Å². The number of hydrogen-bond acceptors (Lipinski definition) is 3. The Bertz CT molecular complexity index is 461. The van der Waals surface area contributed by atoms with Gasteiger partial charge in [0.15, 0.2) is 0 Å². The van der Waals surface area contributed by atoms with E-state index in [9.17, 15) is 14.4 Å². The summed E-state index contributed by atoms with van der Waals surface area (Å²) < 4.78 is 0. The maximum atomic E-state index is 11.5. The number of hydrogen-bond donors (Lipinski definition) is 3. The predicted octanol–water partition coefficient (Wildman–Crippen LogP) is 2.70. The molecule has 1 rings (SSSR count). The van der Waals surface area contributed by atoms with Crippen molar-refractivity contribution in [2.45, 2.75) is 13.3 Å². The highest BCUT2D eigenvalue weighted by molar-refractivity contribution is 9.09. The van der Waals surface area contributed by atoms with Gasteiger partial charge in [0.05, 0.1) is 10.7 Å². The van der Waals surface area contributed by atoms with Crippen LogP contribution < -0.4 is 16.0 Å². The quantitative estimate of drug-likeness (QED) is 0.618. The van der Waals surface area contributed by atoms with E-state index in [2.05, 4.69) is 47.8 Å². The fourth-order valence-electron chi connectivity index (χ4n) is 1.48. The molecule has 0 atom stereocenters. The lowest BCUT2D eigenvalue weighted by atomic mass is 10.2. The molecular formula is C13H15Br2N3O3. The number of benzene rings is 1. The summed E-state index contributed by atoms with van der Waals surface area (Å²) in [5.41, 5.74) is 1.47. The van der Waals surface area contributed by atoms with Crippen molar-refractivity contribution in [1.82, 2.24) is 0 Å². The van der Waals surface area contributed by atoms with Gasteiger partial charge < -0.3 is 16.0 Å². The van der Waals surface area contributed by atoms with Gasteiger partial charge in [-0.05, 0) is 18.2 Å². The monoisotopic (exact) mass is 419 g/mol. The summed E-state index contributed by atoms with van der Waals surface area (Å²) in [7, 11) is 0. The molecule has 1 aromatic carbocycles. The van der Waals surface area contributed by atoms with Crippen LogP contribution in [-0.2, 0) is 14.4 Å². The Morgan fingerprint density at radius 2 is 1.14 bits per heavy atom. The van der Waals surface area contributed by atoms with Crippen LogP contribution in [0.3, 0.4) is 0 Å². The van der Waals surface area contributed by atoms with E-state index in [1.807, 2.05) is 0 Å². The molecule has 3 N–H and O–H groups in total. The van der Waals surface area contributed by atoms with Gasteiger partial charge in [0.2, 0.25) is 17.7 Å². The number of carbonyl (C=O) groups excluding carboxylic acids is 3. The van der Waals surface area contributed by atoms with Gasteiger partial charge in [0.25, 0.3) is 0 Å². The number of nitrogens with one attached hydrogen (secondary N) is 3. The molecule has 0 radical (unpaired) electrons. The van der Waals surface area contributed by atoms with Gasteiger partial charge in [-0.2, -0.15) is 0 Å². The smallest absolute Gasteiger partial charge is 0.235 e. The lowest BCUT2D eigenvalue weighted by molar-refractivity contribution is -0.116. The summed E-state index contributed by atoms with van der Waals surface area (Å²) in [5.74, 6) is -0.616. The first-order valence-electron chi connectivity index (χ1n) is 6.15. The molecule has 8 heteroatoms. The molecule has 0 fully saturated rings. The van der Waals surface area contributed by atoms with E-state index in [0.717, 1.165) is 0 Å². The van der Waals surface area contributed by atoms with E-state index in [1.54, 1.807) is 25.1 Å².